The van der Waals surface area contributed by atoms with Crippen molar-refractivity contribution >= 4 is 0 Å². The van der Waals surface area contributed by atoms with E-state index in [1.54, 1.807) is 0 Å². The number of rotatable bonds is 1. The van der Waals surface area contributed by atoms with Gasteiger partial charge in [0.2, 0.25) is 0 Å². The van der Waals surface area contributed by atoms with Crippen molar-refractivity contribution in [1.29, 1.82) is 0 Å². The molecule has 0 bridgehead atoms. The van der Waals surface area contributed by atoms with Gasteiger partial charge < -0.3 is 0 Å². The maximum Gasteiger partial charge on any atom is 0.0241 e. The van der Waals surface area contributed by atoms with Gasteiger partial charge >= 0.3 is 0 Å². The summed E-state index contributed by atoms with van der Waals surface area (Å²) in [6.45, 7) is 11.3. The minimum absolute atomic E-state index is 0.194. The van der Waals surface area contributed by atoms with Crippen molar-refractivity contribution in [2.24, 2.45) is 0 Å². The Bertz CT molecular complexity index is 150. The van der Waals surface area contributed by atoms with E-state index in [1.807, 2.05) is 0 Å². The zero-order valence-corrected chi connectivity index (χ0v) is 9.72. The predicted octanol–water partition coefficient (Wildman–Crippen LogP) is 2.55. The zero-order valence-electron chi connectivity index (χ0n) is 9.72. The summed E-state index contributed by atoms with van der Waals surface area (Å²) >= 11 is 0. The molecule has 0 saturated carbocycles. The number of nitrogens with zero attached hydrogens (tertiary/aromatic N) is 1. The lowest BCUT2D eigenvalue weighted by Crippen LogP contribution is -2.58. The predicted molar refractivity (Wildman–Crippen MR) is 57.5 cm³/mol. The van der Waals surface area contributed by atoms with Gasteiger partial charge in [0.1, 0.15) is 0 Å². The molecule has 0 aromatic heterocycles. The highest BCUT2D eigenvalue weighted by Crippen LogP contribution is 2.21. The van der Waals surface area contributed by atoms with E-state index in [-0.39, 0.29) is 5.54 Å². The average molecular weight is 184 g/mol. The summed E-state index contributed by atoms with van der Waals surface area (Å²) in [4.78, 5) is 0. The second-order valence-corrected chi connectivity index (χ2v) is 5.40. The van der Waals surface area contributed by atoms with Crippen molar-refractivity contribution in [2.75, 3.05) is 0 Å². The molecule has 2 unspecified atom stereocenters. The van der Waals surface area contributed by atoms with Gasteiger partial charge in [-0.25, -0.2) is 10.4 Å². The van der Waals surface area contributed by atoms with E-state index in [9.17, 15) is 0 Å². The summed E-state index contributed by atoms with van der Waals surface area (Å²) in [6.07, 6.45) is 4.03. The van der Waals surface area contributed by atoms with Crippen LogP contribution in [0.4, 0.5) is 0 Å². The molecule has 1 fully saturated rings. The zero-order chi connectivity index (χ0) is 10.1. The molecule has 1 aliphatic heterocycles. The van der Waals surface area contributed by atoms with E-state index in [1.165, 1.54) is 19.3 Å². The van der Waals surface area contributed by atoms with Crippen LogP contribution in [0.5, 0.6) is 0 Å². The van der Waals surface area contributed by atoms with Crippen LogP contribution in [0, 0.1) is 0 Å². The van der Waals surface area contributed by atoms with Crippen molar-refractivity contribution in [3.63, 3.8) is 0 Å². The van der Waals surface area contributed by atoms with Gasteiger partial charge in [0, 0.05) is 17.6 Å². The van der Waals surface area contributed by atoms with Crippen LogP contribution in [0.15, 0.2) is 0 Å². The van der Waals surface area contributed by atoms with Crippen molar-refractivity contribution in [3.05, 3.63) is 0 Å². The summed E-state index contributed by atoms with van der Waals surface area (Å²) in [6, 6.07) is 1.37. The van der Waals surface area contributed by atoms with E-state index in [0.29, 0.717) is 12.1 Å². The molecule has 13 heavy (non-hydrogen) atoms. The lowest BCUT2D eigenvalue weighted by Gasteiger charge is -2.43. The van der Waals surface area contributed by atoms with Gasteiger partial charge in [0.15, 0.2) is 0 Å². The third-order valence-electron chi connectivity index (χ3n) is 2.66. The summed E-state index contributed by atoms with van der Waals surface area (Å²) < 4.78 is 0. The fraction of sp³-hybridized carbons (Fsp3) is 1.00. The van der Waals surface area contributed by atoms with E-state index >= 15 is 0 Å². The number of hydrogen-bond acceptors (Lipinski definition) is 2. The van der Waals surface area contributed by atoms with Crippen LogP contribution >= 0.6 is 0 Å². The van der Waals surface area contributed by atoms with E-state index in [2.05, 4.69) is 45.1 Å². The SMILES string of the molecule is CC1CCCC(C)N1NC(C)(C)C. The van der Waals surface area contributed by atoms with Gasteiger partial charge in [-0.15, -0.1) is 0 Å². The summed E-state index contributed by atoms with van der Waals surface area (Å²) in [5, 5.41) is 2.43. The van der Waals surface area contributed by atoms with Crippen LogP contribution < -0.4 is 5.43 Å². The van der Waals surface area contributed by atoms with Gasteiger partial charge in [0.05, 0.1) is 0 Å². The van der Waals surface area contributed by atoms with E-state index in [0.717, 1.165) is 0 Å². The van der Waals surface area contributed by atoms with Crippen LogP contribution in [-0.2, 0) is 0 Å². The molecular formula is C11H24N2. The van der Waals surface area contributed by atoms with Gasteiger partial charge in [-0.3, -0.25) is 0 Å². The van der Waals surface area contributed by atoms with Gasteiger partial charge in [-0.2, -0.15) is 0 Å². The lowest BCUT2D eigenvalue weighted by molar-refractivity contribution is 0.0138. The molecule has 0 radical (unpaired) electrons. The Morgan fingerprint density at radius 2 is 1.54 bits per heavy atom. The first-order valence-electron chi connectivity index (χ1n) is 5.46. The average Bonchev–Trinajstić information content (AvgIpc) is 1.95. The first-order chi connectivity index (χ1) is 5.90. The van der Waals surface area contributed by atoms with Crippen LogP contribution in [0.2, 0.25) is 0 Å². The number of hydrazine groups is 1. The van der Waals surface area contributed by atoms with Gasteiger partial charge in [-0.1, -0.05) is 6.42 Å². The second-order valence-electron chi connectivity index (χ2n) is 5.40. The van der Waals surface area contributed by atoms with Crippen molar-refractivity contribution in [1.82, 2.24) is 10.4 Å². The summed E-state index contributed by atoms with van der Waals surface area (Å²) in [5.74, 6) is 0. The van der Waals surface area contributed by atoms with E-state index < -0.39 is 0 Å². The maximum absolute atomic E-state index is 3.59. The molecule has 0 amide bonds. The molecule has 1 heterocycles. The Labute approximate surface area is 82.7 Å². The number of nitrogens with one attached hydrogen (secondary N) is 1. The van der Waals surface area contributed by atoms with Crippen LogP contribution in [0.3, 0.4) is 0 Å². The largest absolute Gasteiger partial charge is 0.249 e. The molecule has 1 rings (SSSR count). The topological polar surface area (TPSA) is 15.3 Å². The monoisotopic (exact) mass is 184 g/mol. The summed E-state index contributed by atoms with van der Waals surface area (Å²) in [5.41, 5.74) is 3.79. The van der Waals surface area contributed by atoms with Gasteiger partial charge in [-0.05, 0) is 47.5 Å². The molecular weight excluding hydrogens is 160 g/mol. The minimum Gasteiger partial charge on any atom is -0.249 e. The molecule has 0 spiro atoms. The van der Waals surface area contributed by atoms with E-state index in [4.69, 9.17) is 0 Å². The maximum atomic E-state index is 3.59. The molecule has 78 valence electrons. The highest BCUT2D eigenvalue weighted by atomic mass is 15.6. The Morgan fingerprint density at radius 3 is 1.92 bits per heavy atom. The minimum atomic E-state index is 0.194. The standard InChI is InChI=1S/C11H24N2/c1-9-7-6-8-10(2)13(9)12-11(3,4)5/h9-10,12H,6-8H2,1-5H3. The Kier molecular flexibility index (Phi) is 3.36. The summed E-state index contributed by atoms with van der Waals surface area (Å²) in [7, 11) is 0. The first-order valence-corrected chi connectivity index (χ1v) is 5.46. The normalized spacial score (nSPS) is 32.1. The van der Waals surface area contributed by atoms with Crippen molar-refractivity contribution < 1.29 is 0 Å². The lowest BCUT2D eigenvalue weighted by atomic mass is 9.99. The van der Waals surface area contributed by atoms with Gasteiger partial charge in [0.25, 0.3) is 0 Å². The third kappa shape index (κ3) is 3.28. The molecule has 0 aromatic rings. The highest BCUT2D eigenvalue weighted by molar-refractivity contribution is 4.80. The third-order valence-corrected chi connectivity index (χ3v) is 2.66. The molecule has 0 aliphatic carbocycles. The Hall–Kier alpha value is -0.0800. The number of piperidine rings is 1. The van der Waals surface area contributed by atoms with Crippen molar-refractivity contribution in [2.45, 2.75) is 71.5 Å². The van der Waals surface area contributed by atoms with Crippen LogP contribution in [0.25, 0.3) is 0 Å². The Morgan fingerprint density at radius 1 is 1.08 bits per heavy atom. The smallest absolute Gasteiger partial charge is 0.0241 e. The molecule has 2 nitrogen and oxygen atoms in total. The molecule has 2 heteroatoms. The first kappa shape index (κ1) is 11.0. The van der Waals surface area contributed by atoms with Crippen LogP contribution in [-0.4, -0.2) is 22.6 Å². The molecule has 2 atom stereocenters. The number of hydrogen-bond donors (Lipinski definition) is 1. The van der Waals surface area contributed by atoms with Crippen molar-refractivity contribution in [3.8, 4) is 0 Å². The fourth-order valence-electron chi connectivity index (χ4n) is 2.03. The Balaban J connectivity index is 2.54. The second kappa shape index (κ2) is 3.97. The van der Waals surface area contributed by atoms with Crippen LogP contribution in [0.1, 0.15) is 53.9 Å². The molecule has 1 saturated heterocycles. The molecule has 1 N–H and O–H groups in total. The molecule has 1 aliphatic rings. The highest BCUT2D eigenvalue weighted by Gasteiger charge is 2.27. The fourth-order valence-corrected chi connectivity index (χ4v) is 2.03. The molecule has 0 aromatic carbocycles. The quantitative estimate of drug-likeness (QED) is 0.674.